The molecule has 0 aliphatic rings. The maximum absolute atomic E-state index is 10.1. The molecule has 0 saturated heterocycles. The first-order chi connectivity index (χ1) is 4.72. The third-order valence-electron chi connectivity index (χ3n) is 1.08. The molecule has 1 aromatic rings. The summed E-state index contributed by atoms with van der Waals surface area (Å²) in [4.78, 5) is 9.44. The van der Waals surface area contributed by atoms with Crippen LogP contribution in [0.25, 0.3) is 0 Å². The van der Waals surface area contributed by atoms with Gasteiger partial charge in [0, 0.05) is 6.07 Å². The fraction of sp³-hybridized carbons (Fsp3) is 0. The molecule has 0 bridgehead atoms. The van der Waals surface area contributed by atoms with Crippen LogP contribution in [-0.2, 0) is 21.7 Å². The maximum Gasteiger partial charge on any atom is 3.00 e. The topological polar surface area (TPSA) is 63.4 Å². The second kappa shape index (κ2) is 11.1. The minimum absolute atomic E-state index is 0. The summed E-state index contributed by atoms with van der Waals surface area (Å²) in [7, 11) is 0. The molecule has 1 aromatic carbocycles. The van der Waals surface area contributed by atoms with E-state index in [0.717, 1.165) is 0 Å². The summed E-state index contributed by atoms with van der Waals surface area (Å²) >= 11 is 0. The SMILES string of the molecule is O=[N+]([O-])c1ccccc1O.[Cl-].[Cl-].[Cl-].[Ti+3]. The third-order valence-corrected chi connectivity index (χ3v) is 1.08. The Kier molecular flexibility index (Phi) is 18.7. The van der Waals surface area contributed by atoms with Gasteiger partial charge in [0.1, 0.15) is 0 Å². The van der Waals surface area contributed by atoms with Crippen LogP contribution in [-0.4, -0.2) is 10.0 Å². The second-order valence-corrected chi connectivity index (χ2v) is 1.75. The smallest absolute Gasteiger partial charge is 1.00 e. The van der Waals surface area contributed by atoms with Crippen LogP contribution >= 0.6 is 0 Å². The largest absolute Gasteiger partial charge is 3.00 e. The molecule has 0 aliphatic carbocycles. The molecule has 0 amide bonds. The number of hydrogen-bond donors (Lipinski definition) is 1. The van der Waals surface area contributed by atoms with Gasteiger partial charge in [-0.15, -0.1) is 0 Å². The number of nitro groups is 1. The summed E-state index contributed by atoms with van der Waals surface area (Å²) in [5.74, 6) is -0.299. The van der Waals surface area contributed by atoms with E-state index in [1.807, 2.05) is 0 Å². The molecule has 0 unspecified atom stereocenters. The van der Waals surface area contributed by atoms with E-state index in [1.165, 1.54) is 24.3 Å². The molecule has 14 heavy (non-hydrogen) atoms. The van der Waals surface area contributed by atoms with Crippen LogP contribution in [0.3, 0.4) is 0 Å². The first-order valence-electron chi connectivity index (χ1n) is 2.64. The maximum atomic E-state index is 10.1. The molecule has 1 radical (unpaired) electrons. The first-order valence-corrected chi connectivity index (χ1v) is 2.64. The number of phenols is 1. The fourth-order valence-electron chi connectivity index (χ4n) is 0.619. The summed E-state index contributed by atoms with van der Waals surface area (Å²) in [6.07, 6.45) is 0. The number of halogens is 3. The van der Waals surface area contributed by atoms with E-state index < -0.39 is 4.92 Å². The molecule has 1 rings (SSSR count). The van der Waals surface area contributed by atoms with Crippen molar-refractivity contribution in [3.63, 3.8) is 0 Å². The van der Waals surface area contributed by atoms with Crippen molar-refractivity contribution < 1.29 is 69.0 Å². The van der Waals surface area contributed by atoms with Gasteiger partial charge >= 0.3 is 27.4 Å². The summed E-state index contributed by atoms with van der Waals surface area (Å²) in [5.41, 5.74) is -0.262. The van der Waals surface area contributed by atoms with Gasteiger partial charge in [0.05, 0.1) is 4.92 Å². The predicted molar refractivity (Wildman–Crippen MR) is 34.8 cm³/mol. The van der Waals surface area contributed by atoms with Gasteiger partial charge < -0.3 is 42.3 Å². The van der Waals surface area contributed by atoms with Crippen LogP contribution in [0.4, 0.5) is 5.69 Å². The van der Waals surface area contributed by atoms with Gasteiger partial charge in [0.15, 0.2) is 5.75 Å². The van der Waals surface area contributed by atoms with Crippen molar-refractivity contribution >= 4 is 5.69 Å². The second-order valence-electron chi connectivity index (χ2n) is 1.75. The fourth-order valence-corrected chi connectivity index (χ4v) is 0.619. The van der Waals surface area contributed by atoms with Crippen molar-refractivity contribution in [1.29, 1.82) is 0 Å². The summed E-state index contributed by atoms with van der Waals surface area (Å²) in [6, 6.07) is 5.55. The third kappa shape index (κ3) is 6.46. The number of rotatable bonds is 1. The molecule has 0 atom stereocenters. The van der Waals surface area contributed by atoms with E-state index >= 15 is 0 Å². The molecule has 77 valence electrons. The van der Waals surface area contributed by atoms with Crippen LogP contribution in [0, 0.1) is 10.1 Å². The Balaban J connectivity index is -0.000000125. The van der Waals surface area contributed by atoms with Crippen molar-refractivity contribution in [2.24, 2.45) is 0 Å². The molecule has 0 spiro atoms. The zero-order valence-corrected chi connectivity index (χ0v) is 10.5. The molecule has 0 fully saturated rings. The number of nitro benzene ring substituents is 1. The standard InChI is InChI=1S/C6H5NO3.3ClH.Ti/c8-6-4-2-1-3-5(6)7(9)10;;;;/h1-4,8H;3*1H;/q;;;;+3/p-3. The number of phenolic OH excluding ortho intramolecular Hbond substituents is 1. The van der Waals surface area contributed by atoms with Crippen molar-refractivity contribution in [1.82, 2.24) is 0 Å². The Labute approximate surface area is 114 Å². The molecule has 0 heterocycles. The van der Waals surface area contributed by atoms with E-state index in [2.05, 4.69) is 0 Å². The molecule has 8 heteroatoms. The molecule has 1 N–H and O–H groups in total. The average Bonchev–Trinajstić information content (AvgIpc) is 1.88. The Morgan fingerprint density at radius 1 is 1.14 bits per heavy atom. The Hall–Kier alpha value is 0.00429. The minimum Gasteiger partial charge on any atom is -1.00 e. The van der Waals surface area contributed by atoms with Gasteiger partial charge in [0.25, 0.3) is 0 Å². The van der Waals surface area contributed by atoms with E-state index in [4.69, 9.17) is 5.11 Å². The van der Waals surface area contributed by atoms with Gasteiger partial charge in [-0.2, -0.15) is 0 Å². The minimum atomic E-state index is -0.630. The summed E-state index contributed by atoms with van der Waals surface area (Å²) in [5, 5.41) is 18.9. The molecule has 4 nitrogen and oxygen atoms in total. The van der Waals surface area contributed by atoms with E-state index in [1.54, 1.807) is 0 Å². The van der Waals surface area contributed by atoms with E-state index in [-0.39, 0.29) is 70.4 Å². The number of hydrogen-bond acceptors (Lipinski definition) is 3. The van der Waals surface area contributed by atoms with Crippen LogP contribution in [0.2, 0.25) is 0 Å². The van der Waals surface area contributed by atoms with Crippen LogP contribution in [0.5, 0.6) is 5.75 Å². The molecular formula is C6H5Cl3NO3Ti. The van der Waals surface area contributed by atoms with Gasteiger partial charge in [-0.05, 0) is 6.07 Å². The Bertz CT molecular complexity index is 274. The molecule has 0 saturated carbocycles. The van der Waals surface area contributed by atoms with E-state index in [9.17, 15) is 10.1 Å². The van der Waals surface area contributed by atoms with Crippen molar-refractivity contribution in [2.45, 2.75) is 0 Å². The van der Waals surface area contributed by atoms with Gasteiger partial charge in [0.2, 0.25) is 0 Å². The number of nitrogens with zero attached hydrogens (tertiary/aromatic N) is 1. The quantitative estimate of drug-likeness (QED) is 0.318. The van der Waals surface area contributed by atoms with Crippen molar-refractivity contribution in [3.05, 3.63) is 34.4 Å². The normalized spacial score (nSPS) is 6.57. The predicted octanol–water partition coefficient (Wildman–Crippen LogP) is -7.69. The zero-order chi connectivity index (χ0) is 7.56. The molecule has 0 aromatic heterocycles. The van der Waals surface area contributed by atoms with Gasteiger partial charge in [-0.25, -0.2) is 0 Å². The average molecular weight is 293 g/mol. The molecule has 0 aliphatic heterocycles. The zero-order valence-electron chi connectivity index (χ0n) is 6.65. The first kappa shape index (κ1) is 23.7. The monoisotopic (exact) mass is 292 g/mol. The van der Waals surface area contributed by atoms with Crippen LogP contribution in [0.15, 0.2) is 24.3 Å². The Morgan fingerprint density at radius 3 is 1.86 bits per heavy atom. The number of aromatic hydroxyl groups is 1. The van der Waals surface area contributed by atoms with Crippen LogP contribution < -0.4 is 37.2 Å². The van der Waals surface area contributed by atoms with Crippen LogP contribution in [0.1, 0.15) is 0 Å². The van der Waals surface area contributed by atoms with Gasteiger partial charge in [-0.1, -0.05) is 12.1 Å². The number of benzene rings is 1. The summed E-state index contributed by atoms with van der Waals surface area (Å²) in [6.45, 7) is 0. The Morgan fingerprint density at radius 2 is 1.57 bits per heavy atom. The van der Waals surface area contributed by atoms with Crippen molar-refractivity contribution in [2.75, 3.05) is 0 Å². The van der Waals surface area contributed by atoms with Crippen molar-refractivity contribution in [3.8, 4) is 5.75 Å². The van der Waals surface area contributed by atoms with Gasteiger partial charge in [-0.3, -0.25) is 10.1 Å². The number of para-hydroxylation sites is 2. The van der Waals surface area contributed by atoms with E-state index in [0.29, 0.717) is 0 Å². The molecular weight excluding hydrogens is 288 g/mol. The summed E-state index contributed by atoms with van der Waals surface area (Å²) < 4.78 is 0.